The fourth-order valence-electron chi connectivity index (χ4n) is 1.68. The molecule has 102 valence electrons. The summed E-state index contributed by atoms with van der Waals surface area (Å²) >= 11 is 3.27. The zero-order valence-electron chi connectivity index (χ0n) is 10.7. The highest BCUT2D eigenvalue weighted by Crippen LogP contribution is 2.15. The fraction of sp³-hybridized carbons (Fsp3) is 0.214. The zero-order chi connectivity index (χ0) is 14.4. The van der Waals surface area contributed by atoms with Gasteiger partial charge in [-0.25, -0.2) is 4.68 Å². The zero-order valence-corrected chi connectivity index (χ0v) is 12.3. The molecule has 2 aromatic rings. The Morgan fingerprint density at radius 1 is 1.40 bits per heavy atom. The number of halogens is 1. The van der Waals surface area contributed by atoms with Gasteiger partial charge in [0.1, 0.15) is 11.0 Å². The molecule has 0 spiro atoms. The van der Waals surface area contributed by atoms with E-state index in [2.05, 4.69) is 37.2 Å². The maximum atomic E-state index is 11.9. The molecule has 0 amide bonds. The summed E-state index contributed by atoms with van der Waals surface area (Å²) in [6.07, 6.45) is 11.1. The van der Waals surface area contributed by atoms with E-state index in [1.807, 2.05) is 12.1 Å². The first-order valence-electron chi connectivity index (χ1n) is 6.04. The average Bonchev–Trinajstić information content (AvgIpc) is 2.48. The minimum absolute atomic E-state index is 0.161. The summed E-state index contributed by atoms with van der Waals surface area (Å²) < 4.78 is 1.68. The van der Waals surface area contributed by atoms with Gasteiger partial charge in [-0.15, -0.1) is 6.42 Å². The molecule has 6 heteroatoms. The predicted molar refractivity (Wildman–Crippen MR) is 81.5 cm³/mol. The van der Waals surface area contributed by atoms with Gasteiger partial charge in [-0.2, -0.15) is 5.10 Å². The first-order valence-corrected chi connectivity index (χ1v) is 6.83. The third-order valence-electron chi connectivity index (χ3n) is 2.70. The number of anilines is 1. The van der Waals surface area contributed by atoms with Gasteiger partial charge in [-0.1, -0.05) is 5.92 Å². The Bertz CT molecular complexity index is 676. The number of aromatic nitrogens is 3. The van der Waals surface area contributed by atoms with E-state index in [1.165, 1.54) is 10.2 Å². The van der Waals surface area contributed by atoms with Crippen LogP contribution in [0, 0.1) is 12.3 Å². The lowest BCUT2D eigenvalue weighted by Crippen LogP contribution is -2.24. The number of pyridine rings is 1. The van der Waals surface area contributed by atoms with Crippen molar-refractivity contribution in [2.24, 2.45) is 0 Å². The number of nitrogens with one attached hydrogen (secondary N) is 1. The van der Waals surface area contributed by atoms with Crippen LogP contribution in [0.4, 0.5) is 5.69 Å². The molecule has 0 fully saturated rings. The molecular formula is C14H13BrN4O. The van der Waals surface area contributed by atoms with Crippen molar-refractivity contribution in [2.75, 3.05) is 11.9 Å². The Hall–Kier alpha value is -2.13. The van der Waals surface area contributed by atoms with Crippen molar-refractivity contribution in [2.45, 2.75) is 13.0 Å². The minimum atomic E-state index is -0.239. The smallest absolute Gasteiger partial charge is 0.284 e. The van der Waals surface area contributed by atoms with E-state index in [-0.39, 0.29) is 12.1 Å². The van der Waals surface area contributed by atoms with Crippen molar-refractivity contribution in [1.82, 2.24) is 14.8 Å². The quantitative estimate of drug-likeness (QED) is 0.846. The van der Waals surface area contributed by atoms with Crippen LogP contribution >= 0.6 is 15.9 Å². The molecule has 0 unspecified atom stereocenters. The Balaban J connectivity index is 2.02. The second kappa shape index (κ2) is 6.87. The van der Waals surface area contributed by atoms with E-state index in [1.54, 1.807) is 18.6 Å². The van der Waals surface area contributed by atoms with Crippen molar-refractivity contribution in [3.05, 3.63) is 51.1 Å². The number of hydrogen-bond donors (Lipinski definition) is 1. The van der Waals surface area contributed by atoms with Crippen molar-refractivity contribution < 1.29 is 0 Å². The van der Waals surface area contributed by atoms with Gasteiger partial charge >= 0.3 is 0 Å². The molecule has 0 atom stereocenters. The van der Waals surface area contributed by atoms with Crippen LogP contribution in [0.3, 0.4) is 0 Å². The van der Waals surface area contributed by atoms with Gasteiger partial charge in [-0.05, 0) is 40.0 Å². The monoisotopic (exact) mass is 332 g/mol. The van der Waals surface area contributed by atoms with Crippen LogP contribution in [0.5, 0.6) is 0 Å². The van der Waals surface area contributed by atoms with E-state index >= 15 is 0 Å². The third kappa shape index (κ3) is 3.45. The van der Waals surface area contributed by atoms with Gasteiger partial charge in [0.15, 0.2) is 0 Å². The molecule has 2 rings (SSSR count). The van der Waals surface area contributed by atoms with Gasteiger partial charge in [-0.3, -0.25) is 9.78 Å². The predicted octanol–water partition coefficient (Wildman–Crippen LogP) is 1.69. The molecule has 2 heterocycles. The van der Waals surface area contributed by atoms with Crippen molar-refractivity contribution in [3.63, 3.8) is 0 Å². The normalized spacial score (nSPS) is 10.0. The van der Waals surface area contributed by atoms with Gasteiger partial charge < -0.3 is 5.32 Å². The maximum absolute atomic E-state index is 11.9. The Morgan fingerprint density at radius 2 is 2.15 bits per heavy atom. The van der Waals surface area contributed by atoms with Crippen LogP contribution in [0.25, 0.3) is 0 Å². The molecule has 0 aliphatic heterocycles. The van der Waals surface area contributed by atoms with Crippen LogP contribution in [0.1, 0.15) is 5.56 Å². The van der Waals surface area contributed by atoms with Crippen LogP contribution in [-0.2, 0) is 13.0 Å². The highest BCUT2D eigenvalue weighted by atomic mass is 79.9. The van der Waals surface area contributed by atoms with E-state index in [4.69, 9.17) is 6.42 Å². The number of hydrogen-bond acceptors (Lipinski definition) is 4. The fourth-order valence-corrected chi connectivity index (χ4v) is 2.13. The summed E-state index contributed by atoms with van der Waals surface area (Å²) in [6.45, 7) is 0.859. The molecule has 0 saturated carbocycles. The van der Waals surface area contributed by atoms with Gasteiger partial charge in [0.2, 0.25) is 0 Å². The third-order valence-corrected chi connectivity index (χ3v) is 3.47. The summed E-state index contributed by atoms with van der Waals surface area (Å²) in [5.41, 5.74) is 1.60. The highest BCUT2D eigenvalue weighted by Gasteiger charge is 2.07. The second-order valence-electron chi connectivity index (χ2n) is 4.07. The van der Waals surface area contributed by atoms with Crippen LogP contribution in [-0.4, -0.2) is 21.3 Å². The van der Waals surface area contributed by atoms with Crippen LogP contribution in [0.2, 0.25) is 0 Å². The molecule has 0 aliphatic rings. The van der Waals surface area contributed by atoms with E-state index in [0.29, 0.717) is 16.7 Å². The van der Waals surface area contributed by atoms with Crippen molar-refractivity contribution in [3.8, 4) is 12.3 Å². The molecular weight excluding hydrogens is 320 g/mol. The average molecular weight is 333 g/mol. The van der Waals surface area contributed by atoms with Gasteiger partial charge in [0.05, 0.1) is 11.9 Å². The molecule has 0 saturated heterocycles. The molecule has 0 radical (unpaired) electrons. The van der Waals surface area contributed by atoms with Gasteiger partial charge in [0, 0.05) is 18.9 Å². The van der Waals surface area contributed by atoms with E-state index < -0.39 is 0 Å². The molecule has 2 aromatic heterocycles. The minimum Gasteiger partial charge on any atom is -0.382 e. The summed E-state index contributed by atoms with van der Waals surface area (Å²) in [5, 5.41) is 7.19. The summed E-state index contributed by atoms with van der Waals surface area (Å²) in [6, 6.07) is 3.92. The first-order chi connectivity index (χ1) is 9.72. The Labute approximate surface area is 125 Å². The lowest BCUT2D eigenvalue weighted by Gasteiger charge is -2.09. The largest absolute Gasteiger partial charge is 0.382 e. The molecule has 5 nitrogen and oxygen atoms in total. The second-order valence-corrected chi connectivity index (χ2v) is 4.86. The molecule has 0 bridgehead atoms. The molecule has 0 aromatic carbocycles. The Morgan fingerprint density at radius 3 is 2.85 bits per heavy atom. The Kier molecular flexibility index (Phi) is 4.91. The standard InChI is InChI=1S/C14H13BrN4O/c1-2-9-19-14(20)13(15)12(10-18-19)17-8-5-11-3-6-16-7-4-11/h1,3-4,6-7,10,17H,5,8-9H2. The SMILES string of the molecule is C#CCn1ncc(NCCc2ccncc2)c(Br)c1=O. The first kappa shape index (κ1) is 14.3. The summed E-state index contributed by atoms with van der Waals surface area (Å²) in [5.74, 6) is 2.39. The molecule has 1 N–H and O–H groups in total. The van der Waals surface area contributed by atoms with Crippen LogP contribution < -0.4 is 10.9 Å². The van der Waals surface area contributed by atoms with E-state index in [0.717, 1.165) is 6.42 Å². The molecule has 0 aliphatic carbocycles. The molecule has 20 heavy (non-hydrogen) atoms. The maximum Gasteiger partial charge on any atom is 0.284 e. The van der Waals surface area contributed by atoms with Crippen molar-refractivity contribution >= 4 is 21.6 Å². The number of terminal acetylenes is 1. The number of nitrogens with zero attached hydrogens (tertiary/aromatic N) is 3. The van der Waals surface area contributed by atoms with Gasteiger partial charge in [0.25, 0.3) is 5.56 Å². The summed E-state index contributed by atoms with van der Waals surface area (Å²) in [4.78, 5) is 15.9. The lowest BCUT2D eigenvalue weighted by atomic mass is 10.2. The van der Waals surface area contributed by atoms with Crippen molar-refractivity contribution in [1.29, 1.82) is 0 Å². The topological polar surface area (TPSA) is 59.8 Å². The van der Waals surface area contributed by atoms with E-state index in [9.17, 15) is 4.79 Å². The summed E-state index contributed by atoms with van der Waals surface area (Å²) in [7, 11) is 0. The highest BCUT2D eigenvalue weighted by molar-refractivity contribution is 9.10. The number of rotatable bonds is 5. The van der Waals surface area contributed by atoms with Crippen LogP contribution in [0.15, 0.2) is 40.0 Å². The lowest BCUT2D eigenvalue weighted by molar-refractivity contribution is 0.659.